The first-order chi connectivity index (χ1) is 7.66. The molecular weight excluding hydrogens is 204 g/mol. The van der Waals surface area contributed by atoms with Gasteiger partial charge in [-0.1, -0.05) is 12.8 Å². The molecule has 0 atom stereocenters. The van der Waals surface area contributed by atoms with E-state index in [-0.39, 0.29) is 5.56 Å². The topological polar surface area (TPSA) is 75.3 Å². The smallest absolute Gasteiger partial charge is 0.337 e. The van der Waals surface area contributed by atoms with Crippen molar-refractivity contribution >= 4 is 17.3 Å². The number of nitrogens with two attached hydrogens (primary N) is 1. The van der Waals surface area contributed by atoms with E-state index >= 15 is 0 Å². The van der Waals surface area contributed by atoms with E-state index in [2.05, 4.69) is 5.32 Å². The Kier molecular flexibility index (Phi) is 2.99. The summed E-state index contributed by atoms with van der Waals surface area (Å²) in [6, 6.07) is 5.03. The first kappa shape index (κ1) is 10.8. The van der Waals surface area contributed by atoms with Crippen LogP contribution in [-0.2, 0) is 0 Å². The molecule has 86 valence electrons. The summed E-state index contributed by atoms with van der Waals surface area (Å²) in [6.07, 6.45) is 3.83. The molecule has 0 heterocycles. The zero-order valence-electron chi connectivity index (χ0n) is 9.07. The molecule has 4 heteroatoms. The highest BCUT2D eigenvalue weighted by atomic mass is 16.4. The number of rotatable bonds is 5. The van der Waals surface area contributed by atoms with Gasteiger partial charge in [0.25, 0.3) is 0 Å². The number of carbonyl (C=O) groups is 1. The third kappa shape index (κ3) is 2.66. The van der Waals surface area contributed by atoms with Gasteiger partial charge in [-0.2, -0.15) is 0 Å². The van der Waals surface area contributed by atoms with Gasteiger partial charge in [0.1, 0.15) is 0 Å². The molecule has 0 aromatic heterocycles. The summed E-state index contributed by atoms with van der Waals surface area (Å²) in [5.74, 6) is -0.108. The Labute approximate surface area is 94.5 Å². The Morgan fingerprint density at radius 3 is 2.88 bits per heavy atom. The number of aromatic carboxylic acids is 1. The Bertz CT molecular complexity index is 400. The molecule has 0 amide bonds. The molecule has 4 N–H and O–H groups in total. The van der Waals surface area contributed by atoms with Crippen LogP contribution in [0.2, 0.25) is 0 Å². The van der Waals surface area contributed by atoms with Crippen molar-refractivity contribution in [2.24, 2.45) is 5.92 Å². The fourth-order valence-corrected chi connectivity index (χ4v) is 1.68. The van der Waals surface area contributed by atoms with E-state index in [1.165, 1.54) is 12.8 Å². The van der Waals surface area contributed by atoms with Crippen molar-refractivity contribution in [2.45, 2.75) is 19.3 Å². The molecule has 1 saturated carbocycles. The maximum Gasteiger partial charge on any atom is 0.337 e. The monoisotopic (exact) mass is 220 g/mol. The highest BCUT2D eigenvalue weighted by Gasteiger charge is 2.20. The number of nitrogens with one attached hydrogen (secondary N) is 1. The van der Waals surface area contributed by atoms with E-state index in [1.807, 2.05) is 6.07 Å². The third-order valence-electron chi connectivity index (χ3n) is 2.86. The van der Waals surface area contributed by atoms with E-state index in [4.69, 9.17) is 10.8 Å². The Hall–Kier alpha value is -1.71. The average Bonchev–Trinajstić information content (AvgIpc) is 3.04. The second-order valence-electron chi connectivity index (χ2n) is 4.27. The average molecular weight is 220 g/mol. The molecule has 0 aliphatic heterocycles. The van der Waals surface area contributed by atoms with Crippen molar-refractivity contribution < 1.29 is 9.90 Å². The first-order valence-corrected chi connectivity index (χ1v) is 5.53. The van der Waals surface area contributed by atoms with Crippen molar-refractivity contribution in [1.29, 1.82) is 0 Å². The number of hydrogen-bond acceptors (Lipinski definition) is 3. The molecular formula is C12H16N2O2. The van der Waals surface area contributed by atoms with Crippen LogP contribution in [0.4, 0.5) is 11.4 Å². The number of carboxylic acid groups (broad SMARTS) is 1. The van der Waals surface area contributed by atoms with Gasteiger partial charge in [0.2, 0.25) is 0 Å². The number of anilines is 2. The second-order valence-corrected chi connectivity index (χ2v) is 4.27. The summed E-state index contributed by atoms with van der Waals surface area (Å²) in [4.78, 5) is 10.9. The van der Waals surface area contributed by atoms with Crippen LogP contribution in [0.1, 0.15) is 29.6 Å². The van der Waals surface area contributed by atoms with Crippen LogP contribution in [-0.4, -0.2) is 17.6 Å². The molecule has 1 aromatic carbocycles. The lowest BCUT2D eigenvalue weighted by atomic mass is 10.1. The van der Waals surface area contributed by atoms with Gasteiger partial charge in [0.05, 0.1) is 5.56 Å². The second kappa shape index (κ2) is 4.43. The van der Waals surface area contributed by atoms with Crippen molar-refractivity contribution in [3.8, 4) is 0 Å². The highest BCUT2D eigenvalue weighted by Crippen LogP contribution is 2.32. The van der Waals surface area contributed by atoms with Crippen LogP contribution < -0.4 is 11.1 Å². The van der Waals surface area contributed by atoms with Crippen LogP contribution >= 0.6 is 0 Å². The largest absolute Gasteiger partial charge is 0.478 e. The molecule has 0 unspecified atom stereocenters. The maximum atomic E-state index is 10.9. The zero-order valence-corrected chi connectivity index (χ0v) is 9.07. The van der Waals surface area contributed by atoms with Gasteiger partial charge in [-0.3, -0.25) is 0 Å². The van der Waals surface area contributed by atoms with Crippen molar-refractivity contribution in [1.82, 2.24) is 0 Å². The normalized spacial score (nSPS) is 14.8. The fraction of sp³-hybridized carbons (Fsp3) is 0.417. The highest BCUT2D eigenvalue weighted by molar-refractivity contribution is 5.94. The van der Waals surface area contributed by atoms with Crippen molar-refractivity contribution in [3.05, 3.63) is 23.8 Å². The van der Waals surface area contributed by atoms with Gasteiger partial charge in [-0.25, -0.2) is 4.79 Å². The Morgan fingerprint density at radius 1 is 1.50 bits per heavy atom. The van der Waals surface area contributed by atoms with Gasteiger partial charge >= 0.3 is 5.97 Å². The van der Waals surface area contributed by atoms with E-state index < -0.39 is 5.97 Å². The molecule has 0 spiro atoms. The molecule has 2 rings (SSSR count). The lowest BCUT2D eigenvalue weighted by Gasteiger charge is -2.08. The van der Waals surface area contributed by atoms with E-state index in [0.29, 0.717) is 5.69 Å². The molecule has 0 radical (unpaired) electrons. The maximum absolute atomic E-state index is 10.9. The van der Waals surface area contributed by atoms with Crippen LogP contribution in [0.3, 0.4) is 0 Å². The molecule has 16 heavy (non-hydrogen) atoms. The summed E-state index contributed by atoms with van der Waals surface area (Å²) in [5.41, 5.74) is 6.86. The minimum Gasteiger partial charge on any atom is -0.478 e. The number of benzene rings is 1. The molecule has 1 aliphatic rings. The van der Waals surface area contributed by atoms with Gasteiger partial charge in [-0.05, 0) is 30.5 Å². The third-order valence-corrected chi connectivity index (χ3v) is 2.86. The number of hydrogen-bond donors (Lipinski definition) is 3. The number of carboxylic acids is 1. The van der Waals surface area contributed by atoms with Crippen LogP contribution in [0, 0.1) is 5.92 Å². The van der Waals surface area contributed by atoms with Crippen molar-refractivity contribution in [3.63, 3.8) is 0 Å². The Balaban J connectivity index is 1.97. The molecule has 1 aromatic rings. The minimum absolute atomic E-state index is 0.163. The van der Waals surface area contributed by atoms with Gasteiger partial charge in [-0.15, -0.1) is 0 Å². The lowest BCUT2D eigenvalue weighted by Crippen LogP contribution is -2.06. The molecule has 1 fully saturated rings. The molecule has 0 saturated heterocycles. The zero-order chi connectivity index (χ0) is 11.5. The van der Waals surface area contributed by atoms with E-state index in [9.17, 15) is 4.79 Å². The van der Waals surface area contributed by atoms with Crippen molar-refractivity contribution in [2.75, 3.05) is 17.6 Å². The van der Waals surface area contributed by atoms with Crippen LogP contribution in [0.25, 0.3) is 0 Å². The quantitative estimate of drug-likeness (QED) is 0.665. The fourth-order valence-electron chi connectivity index (χ4n) is 1.68. The van der Waals surface area contributed by atoms with E-state index in [1.54, 1.807) is 12.1 Å². The van der Waals surface area contributed by atoms with Crippen LogP contribution in [0.5, 0.6) is 0 Å². The predicted octanol–water partition coefficient (Wildman–Crippen LogP) is 2.18. The first-order valence-electron chi connectivity index (χ1n) is 5.53. The summed E-state index contributed by atoms with van der Waals surface area (Å²) >= 11 is 0. The SMILES string of the molecule is Nc1ccc(NCCC2CC2)cc1C(=O)O. The molecule has 1 aliphatic carbocycles. The molecule has 4 nitrogen and oxygen atoms in total. The summed E-state index contributed by atoms with van der Waals surface area (Å²) < 4.78 is 0. The standard InChI is InChI=1S/C12H16N2O2/c13-11-4-3-9(7-10(11)12(15)16)14-6-5-8-1-2-8/h3-4,7-8,14H,1-2,5-6,13H2,(H,15,16). The van der Waals surface area contributed by atoms with Gasteiger partial charge < -0.3 is 16.2 Å². The summed E-state index contributed by atoms with van der Waals surface area (Å²) in [6.45, 7) is 0.896. The summed E-state index contributed by atoms with van der Waals surface area (Å²) in [5, 5.41) is 12.1. The van der Waals surface area contributed by atoms with Crippen LogP contribution in [0.15, 0.2) is 18.2 Å². The molecule has 0 bridgehead atoms. The van der Waals surface area contributed by atoms with E-state index in [0.717, 1.165) is 24.6 Å². The predicted molar refractivity (Wildman–Crippen MR) is 63.6 cm³/mol. The Morgan fingerprint density at radius 2 is 2.25 bits per heavy atom. The number of nitrogen functional groups attached to an aromatic ring is 1. The minimum atomic E-state index is -0.983. The van der Waals surface area contributed by atoms with Gasteiger partial charge in [0.15, 0.2) is 0 Å². The van der Waals surface area contributed by atoms with Gasteiger partial charge in [0, 0.05) is 17.9 Å². The lowest BCUT2D eigenvalue weighted by molar-refractivity contribution is 0.0698. The summed E-state index contributed by atoms with van der Waals surface area (Å²) in [7, 11) is 0.